The summed E-state index contributed by atoms with van der Waals surface area (Å²) in [6.45, 7) is 2.77. The Balaban J connectivity index is 0.000000177. The smallest absolute Gasteiger partial charge is 0.244 e. The summed E-state index contributed by atoms with van der Waals surface area (Å²) < 4.78 is 25.4. The lowest BCUT2D eigenvalue weighted by molar-refractivity contribution is 0.111. The highest BCUT2D eigenvalue weighted by Crippen LogP contribution is 2.25. The largest absolute Gasteiger partial charge is 0.493 e. The van der Waals surface area contributed by atoms with E-state index in [1.165, 1.54) is 47.6 Å². The predicted molar refractivity (Wildman–Crippen MR) is 129 cm³/mol. The van der Waals surface area contributed by atoms with Crippen molar-refractivity contribution in [1.82, 2.24) is 19.8 Å². The second-order valence-electron chi connectivity index (χ2n) is 7.97. The van der Waals surface area contributed by atoms with Crippen LogP contribution in [-0.4, -0.2) is 76.2 Å². The van der Waals surface area contributed by atoms with E-state index >= 15 is 0 Å². The Bertz CT molecular complexity index is 1030. The van der Waals surface area contributed by atoms with Crippen molar-refractivity contribution in [3.8, 4) is 0 Å². The molecule has 0 saturated carbocycles. The number of hydrogen-bond acceptors (Lipinski definition) is 7. The van der Waals surface area contributed by atoms with E-state index in [4.69, 9.17) is 0 Å². The van der Waals surface area contributed by atoms with Gasteiger partial charge in [-0.1, -0.05) is 0 Å². The summed E-state index contributed by atoms with van der Waals surface area (Å²) in [4.78, 5) is 26.4. The van der Waals surface area contributed by atoms with Crippen LogP contribution in [0.15, 0.2) is 45.8 Å². The first-order valence-corrected chi connectivity index (χ1v) is 11.7. The lowest BCUT2D eigenvalue weighted by Crippen LogP contribution is -2.42. The number of halogens is 2. The minimum absolute atomic E-state index is 0.0544. The number of hydrogen-bond donors (Lipinski definition) is 3. The van der Waals surface area contributed by atoms with E-state index in [0.717, 1.165) is 0 Å². The van der Waals surface area contributed by atoms with Crippen LogP contribution in [0.2, 0.25) is 0 Å². The monoisotopic (exact) mass is 483 g/mol. The minimum atomic E-state index is -2.47. The molecule has 33 heavy (non-hydrogen) atoms. The van der Waals surface area contributed by atoms with Crippen LogP contribution in [0.4, 0.5) is 8.78 Å². The fraction of sp³-hybridized carbons (Fsp3) is 0.500. The Morgan fingerprint density at radius 2 is 2.06 bits per heavy atom. The Hall–Kier alpha value is -2.66. The van der Waals surface area contributed by atoms with Crippen molar-refractivity contribution in [2.45, 2.75) is 38.2 Å². The third-order valence-corrected chi connectivity index (χ3v) is 6.39. The average Bonchev–Trinajstić information content (AvgIpc) is 3.20. The van der Waals surface area contributed by atoms with Crippen LogP contribution in [0, 0.1) is 0 Å². The van der Waals surface area contributed by atoms with Gasteiger partial charge in [-0.25, -0.2) is 8.78 Å². The summed E-state index contributed by atoms with van der Waals surface area (Å²) >= 11 is 2.07. The number of carbonyl (C=O) groups excluding carboxylic acids is 1. The number of pyridine rings is 1. The third-order valence-electron chi connectivity index (χ3n) is 5.41. The van der Waals surface area contributed by atoms with Gasteiger partial charge in [0.2, 0.25) is 12.3 Å². The van der Waals surface area contributed by atoms with Crippen LogP contribution < -0.4 is 10.7 Å². The zero-order chi connectivity index (χ0) is 24.4. The second-order valence-corrected chi connectivity index (χ2v) is 9.19. The lowest BCUT2D eigenvalue weighted by atomic mass is 9.95. The highest BCUT2D eigenvalue weighted by molar-refractivity contribution is 7.99. The number of aliphatic imine (C=N–C) groups is 1. The molecular formula is C22H31F2N5O3S. The quantitative estimate of drug-likeness (QED) is 0.577. The minimum Gasteiger partial charge on any atom is -0.493 e. The number of alkyl halides is 2. The Kier molecular flexibility index (Phi) is 10.1. The molecule has 2 aromatic heterocycles. The van der Waals surface area contributed by atoms with Gasteiger partial charge in [0.05, 0.1) is 24.2 Å². The van der Waals surface area contributed by atoms with Crippen molar-refractivity contribution < 1.29 is 18.7 Å². The van der Waals surface area contributed by atoms with Crippen molar-refractivity contribution >= 4 is 29.8 Å². The number of aliphatic hydroxyl groups is 1. The van der Waals surface area contributed by atoms with Crippen LogP contribution in [-0.2, 0) is 0 Å². The summed E-state index contributed by atoms with van der Waals surface area (Å²) in [5, 5.41) is 15.4. The van der Waals surface area contributed by atoms with Gasteiger partial charge in [-0.3, -0.25) is 24.2 Å². The van der Waals surface area contributed by atoms with E-state index in [0.29, 0.717) is 29.6 Å². The fourth-order valence-electron chi connectivity index (χ4n) is 3.10. The fourth-order valence-corrected chi connectivity index (χ4v) is 4.50. The van der Waals surface area contributed by atoms with Crippen LogP contribution in [0.1, 0.15) is 36.7 Å². The van der Waals surface area contributed by atoms with E-state index in [-0.39, 0.29) is 17.0 Å². The van der Waals surface area contributed by atoms with Crippen molar-refractivity contribution in [1.29, 1.82) is 0 Å². The van der Waals surface area contributed by atoms with Crippen molar-refractivity contribution in [2.24, 2.45) is 4.99 Å². The molecule has 11 heteroatoms. The lowest BCUT2D eigenvalue weighted by Gasteiger charge is -2.32. The predicted octanol–water partition coefficient (Wildman–Crippen LogP) is 3.32. The molecule has 4 rings (SSSR count). The zero-order valence-corrected chi connectivity index (χ0v) is 19.9. The van der Waals surface area contributed by atoms with Crippen LogP contribution in [0.3, 0.4) is 0 Å². The van der Waals surface area contributed by atoms with Crippen LogP contribution in [0.5, 0.6) is 0 Å². The van der Waals surface area contributed by atoms with Crippen molar-refractivity contribution in [2.75, 3.05) is 32.1 Å². The molecule has 2 aromatic rings. The molecule has 2 aliphatic heterocycles. The van der Waals surface area contributed by atoms with Gasteiger partial charge in [0.15, 0.2) is 11.7 Å². The number of aromatic nitrogens is 2. The van der Waals surface area contributed by atoms with Gasteiger partial charge in [-0.05, 0) is 44.4 Å². The number of aldehydes is 1. The van der Waals surface area contributed by atoms with Gasteiger partial charge in [-0.2, -0.15) is 11.8 Å². The highest BCUT2D eigenvalue weighted by Gasteiger charge is 2.24. The number of thioether (sulfide) groups is 1. The van der Waals surface area contributed by atoms with E-state index in [1.54, 1.807) is 23.8 Å². The Labute approximate surface area is 195 Å². The topological polar surface area (TPSA) is 102 Å². The highest BCUT2D eigenvalue weighted by atomic mass is 32.2. The molecule has 0 unspecified atom stereocenters. The maximum Gasteiger partial charge on any atom is 0.244 e. The second kappa shape index (κ2) is 12.5. The molecule has 1 fully saturated rings. The molecule has 182 valence electrons. The number of aromatic amines is 1. The molecule has 3 N–H and O–H groups in total. The molecule has 0 radical (unpaired) electrons. The SMILES string of the molecule is CN1CC=NC(CC(F)F)=C1O.CNC1(C)CCSCC1.O=Cc1cc2cc(=O)ccn2[nH]1. The van der Waals surface area contributed by atoms with Gasteiger partial charge in [0, 0.05) is 37.1 Å². The van der Waals surface area contributed by atoms with Crippen LogP contribution >= 0.6 is 11.8 Å². The molecule has 4 heterocycles. The van der Waals surface area contributed by atoms with E-state index in [9.17, 15) is 23.5 Å². The van der Waals surface area contributed by atoms with Gasteiger partial charge in [0.25, 0.3) is 0 Å². The first-order valence-electron chi connectivity index (χ1n) is 10.5. The molecule has 1 saturated heterocycles. The summed E-state index contributed by atoms with van der Waals surface area (Å²) in [5.41, 5.74) is 1.60. The number of allylic oxidation sites excluding steroid dienone is 1. The first-order chi connectivity index (χ1) is 15.7. The normalized spacial score (nSPS) is 17.3. The molecule has 0 atom stereocenters. The summed E-state index contributed by atoms with van der Waals surface area (Å²) in [5.74, 6) is 2.51. The van der Waals surface area contributed by atoms with Crippen molar-refractivity contribution in [3.63, 3.8) is 0 Å². The average molecular weight is 484 g/mol. The standard InChI is InChI=1S/C8H6N2O2.C7H10F2N2O.C7H15NS/c11-5-6-3-7-4-8(12)1-2-10(7)9-6;1-11-3-2-10-5(7(11)12)4-6(8)9;1-7(8-2)3-5-9-6-4-7/h1-5,9H;2,6,12H,3-4H2,1H3;8H,3-6H2,1-2H3. The van der Waals surface area contributed by atoms with E-state index in [2.05, 4.69) is 41.1 Å². The van der Waals surface area contributed by atoms with Gasteiger partial charge in [0.1, 0.15) is 5.70 Å². The maximum atomic E-state index is 11.9. The number of aliphatic hydroxyl groups excluding tert-OH is 1. The first kappa shape index (κ1) is 26.6. The number of H-pyrrole nitrogens is 1. The van der Waals surface area contributed by atoms with E-state index in [1.807, 2.05) is 0 Å². The number of nitrogens with zero attached hydrogens (tertiary/aromatic N) is 3. The van der Waals surface area contributed by atoms with Crippen molar-refractivity contribution in [3.05, 3.63) is 51.9 Å². The molecule has 0 bridgehead atoms. The molecular weight excluding hydrogens is 452 g/mol. The molecule has 0 aliphatic carbocycles. The number of carbonyl (C=O) groups is 1. The van der Waals surface area contributed by atoms with Gasteiger partial charge < -0.3 is 15.3 Å². The van der Waals surface area contributed by atoms with E-state index < -0.39 is 12.8 Å². The van der Waals surface area contributed by atoms with Gasteiger partial charge >= 0.3 is 0 Å². The summed E-state index contributed by atoms with van der Waals surface area (Å²) in [7, 11) is 3.68. The molecule has 2 aliphatic rings. The molecule has 8 nitrogen and oxygen atoms in total. The number of rotatable bonds is 4. The summed E-state index contributed by atoms with van der Waals surface area (Å²) in [6.07, 6.45) is 3.49. The zero-order valence-electron chi connectivity index (χ0n) is 19.1. The molecule has 0 spiro atoms. The Morgan fingerprint density at radius 1 is 1.36 bits per heavy atom. The maximum absolute atomic E-state index is 11.9. The third kappa shape index (κ3) is 8.32. The summed E-state index contributed by atoms with van der Waals surface area (Å²) in [6, 6.07) is 4.51. The number of fused-ring (bicyclic) bond motifs is 1. The molecule has 0 amide bonds. The number of nitrogens with one attached hydrogen (secondary N) is 2. The van der Waals surface area contributed by atoms with Crippen LogP contribution in [0.25, 0.3) is 5.52 Å². The Morgan fingerprint density at radius 3 is 2.64 bits per heavy atom. The van der Waals surface area contributed by atoms with Gasteiger partial charge in [-0.15, -0.1) is 0 Å². The molecule has 0 aromatic carbocycles.